The van der Waals surface area contributed by atoms with Crippen molar-refractivity contribution in [2.75, 3.05) is 0 Å². The van der Waals surface area contributed by atoms with Crippen LogP contribution in [-0.2, 0) is 4.79 Å². The van der Waals surface area contributed by atoms with Gasteiger partial charge in [-0.15, -0.1) is 0 Å². The highest BCUT2D eigenvalue weighted by Crippen LogP contribution is 2.27. The van der Waals surface area contributed by atoms with Gasteiger partial charge in [-0.05, 0) is 42.4 Å². The summed E-state index contributed by atoms with van der Waals surface area (Å²) in [5, 5.41) is 0. The number of hydrogen-bond donors (Lipinski definition) is 0. The van der Waals surface area contributed by atoms with Crippen LogP contribution in [0, 0.1) is 0 Å². The van der Waals surface area contributed by atoms with Gasteiger partial charge in [-0.25, -0.2) is 0 Å². The van der Waals surface area contributed by atoms with Crippen molar-refractivity contribution in [3.63, 3.8) is 0 Å². The molecule has 15 heavy (non-hydrogen) atoms. The molecule has 0 bridgehead atoms. The summed E-state index contributed by atoms with van der Waals surface area (Å²) in [6.07, 6.45) is 6.19. The summed E-state index contributed by atoms with van der Waals surface area (Å²) >= 11 is 0. The van der Waals surface area contributed by atoms with Crippen molar-refractivity contribution in [3.8, 4) is 0 Å². The van der Waals surface area contributed by atoms with E-state index in [1.807, 2.05) is 24.3 Å². The zero-order valence-corrected chi connectivity index (χ0v) is 8.52. The standard InChI is InChI=1S/C12H12BNO/c13-11-6-3-4-9(12(11)15)8-10-5-1-2-7-14-10/h1-2,5,7-8,11H,3-4,6H2/b9-8+. The predicted octanol–water partition coefficient (Wildman–Crippen LogP) is 2.17. The molecule has 1 aromatic heterocycles. The van der Waals surface area contributed by atoms with Crippen LogP contribution < -0.4 is 0 Å². The van der Waals surface area contributed by atoms with Crippen LogP contribution in [0.5, 0.6) is 0 Å². The molecule has 1 aromatic rings. The summed E-state index contributed by atoms with van der Waals surface area (Å²) in [5.74, 6) is -0.236. The highest BCUT2D eigenvalue weighted by Gasteiger charge is 2.21. The van der Waals surface area contributed by atoms with Gasteiger partial charge in [-0.3, -0.25) is 9.78 Å². The second-order valence-electron chi connectivity index (χ2n) is 3.79. The van der Waals surface area contributed by atoms with Crippen molar-refractivity contribution >= 4 is 19.7 Å². The molecule has 1 fully saturated rings. The number of aromatic nitrogens is 1. The van der Waals surface area contributed by atoms with Crippen LogP contribution >= 0.6 is 0 Å². The van der Waals surface area contributed by atoms with Crippen LogP contribution in [0.4, 0.5) is 0 Å². The van der Waals surface area contributed by atoms with E-state index in [-0.39, 0.29) is 11.6 Å². The Bertz CT molecular complexity index is 386. The van der Waals surface area contributed by atoms with Gasteiger partial charge >= 0.3 is 0 Å². The summed E-state index contributed by atoms with van der Waals surface area (Å²) < 4.78 is 0. The Labute approximate surface area is 90.8 Å². The lowest BCUT2D eigenvalue weighted by Gasteiger charge is -2.19. The van der Waals surface area contributed by atoms with Crippen LogP contribution in [0.1, 0.15) is 25.0 Å². The number of carbonyl (C=O) groups is 1. The number of ketones is 1. The molecule has 0 N–H and O–H groups in total. The molecule has 1 unspecified atom stereocenters. The van der Waals surface area contributed by atoms with E-state index in [1.165, 1.54) is 0 Å². The Morgan fingerprint density at radius 2 is 2.33 bits per heavy atom. The van der Waals surface area contributed by atoms with Gasteiger partial charge in [0, 0.05) is 6.20 Å². The Morgan fingerprint density at radius 1 is 1.47 bits per heavy atom. The van der Waals surface area contributed by atoms with Crippen LogP contribution in [0.2, 0.25) is 5.82 Å². The van der Waals surface area contributed by atoms with Crippen molar-refractivity contribution < 1.29 is 4.79 Å². The van der Waals surface area contributed by atoms with Crippen LogP contribution in [0.3, 0.4) is 0 Å². The Balaban J connectivity index is 2.23. The zero-order chi connectivity index (χ0) is 10.7. The number of nitrogens with zero attached hydrogens (tertiary/aromatic N) is 1. The summed E-state index contributed by atoms with van der Waals surface area (Å²) in [4.78, 5) is 15.9. The molecule has 2 radical (unpaired) electrons. The lowest BCUT2D eigenvalue weighted by Crippen LogP contribution is -2.16. The number of carbonyl (C=O) groups excluding carboxylic acids is 1. The van der Waals surface area contributed by atoms with Crippen molar-refractivity contribution in [1.82, 2.24) is 4.98 Å². The third kappa shape index (κ3) is 2.35. The smallest absolute Gasteiger partial charge is 0.153 e. The van der Waals surface area contributed by atoms with Crippen LogP contribution in [-0.4, -0.2) is 18.6 Å². The first kappa shape index (κ1) is 10.2. The van der Waals surface area contributed by atoms with Crippen LogP contribution in [0.15, 0.2) is 30.0 Å². The quantitative estimate of drug-likeness (QED) is 0.510. The maximum atomic E-state index is 11.7. The summed E-state index contributed by atoms with van der Waals surface area (Å²) in [6.45, 7) is 0. The van der Waals surface area contributed by atoms with Gasteiger partial charge in [0.15, 0.2) is 5.78 Å². The SMILES string of the molecule is [B]C1CCC/C(=C\c2ccccn2)C1=O. The fourth-order valence-electron chi connectivity index (χ4n) is 1.79. The molecule has 0 spiro atoms. The molecule has 1 aliphatic carbocycles. The molecule has 1 aliphatic rings. The van der Waals surface area contributed by atoms with Gasteiger partial charge in [-0.1, -0.05) is 12.5 Å². The third-order valence-corrected chi connectivity index (χ3v) is 2.62. The largest absolute Gasteiger partial charge is 0.295 e. The van der Waals surface area contributed by atoms with Gasteiger partial charge in [0.25, 0.3) is 0 Å². The predicted molar refractivity (Wildman–Crippen MR) is 60.6 cm³/mol. The second kappa shape index (κ2) is 4.43. The fraction of sp³-hybridized carbons (Fsp3) is 0.333. The Hall–Kier alpha value is -1.38. The molecule has 2 rings (SSSR count). The first-order valence-electron chi connectivity index (χ1n) is 5.19. The number of rotatable bonds is 1. The number of hydrogen-bond acceptors (Lipinski definition) is 2. The van der Waals surface area contributed by atoms with Gasteiger partial charge < -0.3 is 0 Å². The third-order valence-electron chi connectivity index (χ3n) is 2.62. The molecule has 1 heterocycles. The van der Waals surface area contributed by atoms with E-state index in [2.05, 4.69) is 4.98 Å². The van der Waals surface area contributed by atoms with E-state index in [0.717, 1.165) is 30.5 Å². The average Bonchev–Trinajstić information content (AvgIpc) is 2.26. The van der Waals surface area contributed by atoms with E-state index in [1.54, 1.807) is 6.20 Å². The normalized spacial score (nSPS) is 24.4. The van der Waals surface area contributed by atoms with E-state index < -0.39 is 0 Å². The average molecular weight is 197 g/mol. The van der Waals surface area contributed by atoms with E-state index in [4.69, 9.17) is 7.85 Å². The molecule has 0 saturated heterocycles. The van der Waals surface area contributed by atoms with E-state index >= 15 is 0 Å². The minimum atomic E-state index is -0.311. The lowest BCUT2D eigenvalue weighted by molar-refractivity contribution is -0.116. The highest BCUT2D eigenvalue weighted by atomic mass is 16.1. The maximum Gasteiger partial charge on any atom is 0.153 e. The van der Waals surface area contributed by atoms with Crippen molar-refractivity contribution in [2.24, 2.45) is 0 Å². The summed E-state index contributed by atoms with van der Waals surface area (Å²) in [7, 11) is 5.71. The minimum absolute atomic E-state index is 0.0758. The van der Waals surface area contributed by atoms with Gasteiger partial charge in [0.2, 0.25) is 0 Å². The maximum absolute atomic E-state index is 11.7. The topological polar surface area (TPSA) is 30.0 Å². The molecule has 0 amide bonds. The molecular formula is C12H12BNO. The summed E-state index contributed by atoms with van der Waals surface area (Å²) in [6, 6.07) is 5.66. The minimum Gasteiger partial charge on any atom is -0.295 e. The molecule has 2 nitrogen and oxygen atoms in total. The van der Waals surface area contributed by atoms with Gasteiger partial charge in [0.05, 0.1) is 13.5 Å². The van der Waals surface area contributed by atoms with Crippen molar-refractivity contribution in [3.05, 3.63) is 35.7 Å². The molecule has 74 valence electrons. The Morgan fingerprint density at radius 3 is 3.07 bits per heavy atom. The van der Waals surface area contributed by atoms with Crippen molar-refractivity contribution in [2.45, 2.75) is 25.1 Å². The first-order valence-corrected chi connectivity index (χ1v) is 5.19. The monoisotopic (exact) mass is 197 g/mol. The second-order valence-corrected chi connectivity index (χ2v) is 3.79. The Kier molecular flexibility index (Phi) is 3.00. The fourth-order valence-corrected chi connectivity index (χ4v) is 1.79. The van der Waals surface area contributed by atoms with Gasteiger partial charge in [0.1, 0.15) is 0 Å². The molecular weight excluding hydrogens is 185 g/mol. The van der Waals surface area contributed by atoms with E-state index in [9.17, 15) is 4.79 Å². The number of Topliss-reactive ketones (excluding diaryl/α,β-unsaturated/α-hetero) is 1. The molecule has 0 aromatic carbocycles. The number of pyridine rings is 1. The lowest BCUT2D eigenvalue weighted by atomic mass is 9.72. The van der Waals surface area contributed by atoms with Gasteiger partial charge in [-0.2, -0.15) is 0 Å². The van der Waals surface area contributed by atoms with Crippen LogP contribution in [0.25, 0.3) is 6.08 Å². The number of allylic oxidation sites excluding steroid dienone is 1. The molecule has 1 saturated carbocycles. The molecule has 0 aliphatic heterocycles. The molecule has 3 heteroatoms. The zero-order valence-electron chi connectivity index (χ0n) is 8.52. The van der Waals surface area contributed by atoms with E-state index in [0.29, 0.717) is 0 Å². The van der Waals surface area contributed by atoms with Crippen molar-refractivity contribution in [1.29, 1.82) is 0 Å². The summed E-state index contributed by atoms with van der Waals surface area (Å²) in [5.41, 5.74) is 1.64. The molecule has 1 atom stereocenters. The highest BCUT2D eigenvalue weighted by molar-refractivity contribution is 6.28. The first-order chi connectivity index (χ1) is 7.27.